The van der Waals surface area contributed by atoms with Crippen LogP contribution in [0.1, 0.15) is 48.7 Å². The Morgan fingerprint density at radius 3 is 2.39 bits per heavy atom. The topological polar surface area (TPSA) is 70.6 Å². The van der Waals surface area contributed by atoms with Gasteiger partial charge in [-0.3, -0.25) is 9.78 Å². The smallest absolute Gasteiger partial charge is 0.273 e. The minimum atomic E-state index is -3.23. The molecule has 6 nitrogen and oxygen atoms in total. The van der Waals surface area contributed by atoms with E-state index in [1.54, 1.807) is 10.5 Å². The Hall–Kier alpha value is -2.77. The number of hydrogen-bond acceptors (Lipinski definition) is 4. The molecule has 0 unspecified atom stereocenters. The summed E-state index contributed by atoms with van der Waals surface area (Å²) < 4.78 is 26.9. The number of piperidine rings is 1. The zero-order valence-electron chi connectivity index (χ0n) is 19.1. The number of sulfonamides is 1. The molecule has 174 valence electrons. The summed E-state index contributed by atoms with van der Waals surface area (Å²) in [5.41, 5.74) is 1.47. The molecule has 2 heterocycles. The highest BCUT2D eigenvalue weighted by Crippen LogP contribution is 2.24. The molecule has 0 atom stereocenters. The van der Waals surface area contributed by atoms with Gasteiger partial charge >= 0.3 is 0 Å². The molecular weight excluding hydrogens is 434 g/mol. The van der Waals surface area contributed by atoms with Crippen molar-refractivity contribution in [2.45, 2.75) is 45.2 Å². The fraction of sp³-hybridized carbons (Fsp3) is 0.385. The van der Waals surface area contributed by atoms with Crippen LogP contribution in [0.15, 0.2) is 66.9 Å². The summed E-state index contributed by atoms with van der Waals surface area (Å²) >= 11 is 0. The first-order chi connectivity index (χ1) is 16.0. The summed E-state index contributed by atoms with van der Waals surface area (Å²) in [5, 5.41) is 1.97. The number of nitrogens with zero attached hydrogens (tertiary/aromatic N) is 3. The fourth-order valence-electron chi connectivity index (χ4n) is 4.38. The van der Waals surface area contributed by atoms with E-state index in [4.69, 9.17) is 0 Å². The summed E-state index contributed by atoms with van der Waals surface area (Å²) in [4.78, 5) is 20.0. The van der Waals surface area contributed by atoms with Crippen LogP contribution in [0.3, 0.4) is 0 Å². The highest BCUT2D eigenvalue weighted by Gasteiger charge is 2.33. The highest BCUT2D eigenvalue weighted by molar-refractivity contribution is 7.89. The van der Waals surface area contributed by atoms with Crippen LogP contribution in [0.2, 0.25) is 0 Å². The Bertz CT molecular complexity index is 1190. The lowest BCUT2D eigenvalue weighted by atomic mass is 10.0. The van der Waals surface area contributed by atoms with Crippen LogP contribution in [0.25, 0.3) is 10.8 Å². The number of carbonyl (C=O) groups excluding carboxylic acids is 1. The van der Waals surface area contributed by atoms with Crippen LogP contribution >= 0.6 is 0 Å². The van der Waals surface area contributed by atoms with Crippen molar-refractivity contribution in [2.75, 3.05) is 18.8 Å². The first-order valence-corrected chi connectivity index (χ1v) is 13.3. The van der Waals surface area contributed by atoms with Crippen molar-refractivity contribution in [3.8, 4) is 0 Å². The second-order valence-corrected chi connectivity index (χ2v) is 10.7. The van der Waals surface area contributed by atoms with Gasteiger partial charge in [-0.15, -0.1) is 0 Å². The van der Waals surface area contributed by atoms with Crippen LogP contribution in [0.5, 0.6) is 0 Å². The van der Waals surface area contributed by atoms with Gasteiger partial charge in [0.1, 0.15) is 5.69 Å². The summed E-state index contributed by atoms with van der Waals surface area (Å²) in [7, 11) is -3.23. The number of fused-ring (bicyclic) bond motifs is 1. The lowest BCUT2D eigenvalue weighted by molar-refractivity contribution is 0.0590. The molecule has 1 aliphatic heterocycles. The van der Waals surface area contributed by atoms with Gasteiger partial charge in [-0.05, 0) is 36.3 Å². The van der Waals surface area contributed by atoms with Gasteiger partial charge in [-0.25, -0.2) is 12.7 Å². The van der Waals surface area contributed by atoms with E-state index in [0.29, 0.717) is 44.6 Å². The van der Waals surface area contributed by atoms with Gasteiger partial charge in [-0.2, -0.15) is 0 Å². The van der Waals surface area contributed by atoms with Crippen LogP contribution in [-0.4, -0.2) is 53.4 Å². The monoisotopic (exact) mass is 465 g/mol. The molecule has 1 aromatic heterocycles. The number of unbranched alkanes of at least 4 members (excludes halogenated alkanes) is 1. The maximum Gasteiger partial charge on any atom is 0.273 e. The second-order valence-electron chi connectivity index (χ2n) is 8.64. The Labute approximate surface area is 196 Å². The van der Waals surface area contributed by atoms with Crippen molar-refractivity contribution in [1.29, 1.82) is 0 Å². The SMILES string of the molecule is CCCCS(=O)(=O)N1CCC(N(Cc2ccccc2)C(=O)c2cc3ccccc3cn2)CC1. The summed E-state index contributed by atoms with van der Waals surface area (Å²) in [5.74, 6) is 0.0823. The molecule has 0 aliphatic carbocycles. The molecule has 0 spiro atoms. The molecule has 3 aromatic rings. The minimum absolute atomic E-state index is 0.0383. The number of pyridine rings is 1. The van der Waals surface area contributed by atoms with E-state index in [2.05, 4.69) is 4.98 Å². The molecule has 2 aromatic carbocycles. The molecule has 33 heavy (non-hydrogen) atoms. The predicted molar refractivity (Wildman–Crippen MR) is 131 cm³/mol. The molecular formula is C26H31N3O3S. The Balaban J connectivity index is 1.55. The zero-order valence-corrected chi connectivity index (χ0v) is 19.9. The number of aromatic nitrogens is 1. The van der Waals surface area contributed by atoms with Crippen LogP contribution in [0.4, 0.5) is 0 Å². The third kappa shape index (κ3) is 5.60. The van der Waals surface area contributed by atoms with Crippen molar-refractivity contribution >= 4 is 26.7 Å². The van der Waals surface area contributed by atoms with E-state index < -0.39 is 10.0 Å². The molecule has 1 saturated heterocycles. The van der Waals surface area contributed by atoms with Crippen LogP contribution in [0, 0.1) is 0 Å². The summed E-state index contributed by atoms with van der Waals surface area (Å²) in [6.07, 6.45) is 4.52. The van der Waals surface area contributed by atoms with Gasteiger partial charge < -0.3 is 4.90 Å². The molecule has 1 fully saturated rings. The average molecular weight is 466 g/mol. The van der Waals surface area contributed by atoms with E-state index in [1.807, 2.05) is 72.5 Å². The minimum Gasteiger partial charge on any atom is -0.330 e. The standard InChI is InChI=1S/C26H31N3O3S/c1-2-3-17-33(31,32)28-15-13-24(14-16-28)29(20-21-9-5-4-6-10-21)26(30)25-18-22-11-7-8-12-23(22)19-27-25/h4-12,18-19,24H,2-3,13-17,20H2,1H3. The third-order valence-corrected chi connectivity index (χ3v) is 8.28. The largest absolute Gasteiger partial charge is 0.330 e. The van der Waals surface area contributed by atoms with E-state index in [9.17, 15) is 13.2 Å². The molecule has 0 N–H and O–H groups in total. The number of rotatable bonds is 8. The maximum atomic E-state index is 13.6. The van der Waals surface area contributed by atoms with E-state index >= 15 is 0 Å². The lowest BCUT2D eigenvalue weighted by Gasteiger charge is -2.38. The Morgan fingerprint density at radius 2 is 1.70 bits per heavy atom. The molecule has 1 aliphatic rings. The number of hydrogen-bond donors (Lipinski definition) is 0. The molecule has 0 bridgehead atoms. The predicted octanol–water partition coefficient (Wildman–Crippen LogP) is 4.47. The van der Waals surface area contributed by atoms with Crippen molar-refractivity contribution in [2.24, 2.45) is 0 Å². The fourth-order valence-corrected chi connectivity index (χ4v) is 6.06. The van der Waals surface area contributed by atoms with Gasteiger partial charge in [-0.1, -0.05) is 67.9 Å². The molecule has 0 radical (unpaired) electrons. The lowest BCUT2D eigenvalue weighted by Crippen LogP contribution is -2.49. The van der Waals surface area contributed by atoms with Crippen LogP contribution in [-0.2, 0) is 16.6 Å². The van der Waals surface area contributed by atoms with E-state index in [1.165, 1.54) is 0 Å². The van der Waals surface area contributed by atoms with Crippen LogP contribution < -0.4 is 0 Å². The zero-order chi connectivity index (χ0) is 23.3. The first kappa shape index (κ1) is 23.4. The highest BCUT2D eigenvalue weighted by atomic mass is 32.2. The summed E-state index contributed by atoms with van der Waals surface area (Å²) in [6, 6.07) is 19.6. The number of benzene rings is 2. The van der Waals surface area contributed by atoms with Gasteiger partial charge in [0, 0.05) is 37.3 Å². The number of amides is 1. The van der Waals surface area contributed by atoms with E-state index in [-0.39, 0.29) is 17.7 Å². The van der Waals surface area contributed by atoms with Crippen molar-refractivity contribution in [1.82, 2.24) is 14.2 Å². The Kier molecular flexibility index (Phi) is 7.40. The maximum absolute atomic E-state index is 13.6. The molecule has 4 rings (SSSR count). The quantitative estimate of drug-likeness (QED) is 0.492. The molecule has 7 heteroatoms. The van der Waals surface area contributed by atoms with Crippen molar-refractivity contribution in [3.05, 3.63) is 78.1 Å². The normalized spacial score (nSPS) is 15.5. The van der Waals surface area contributed by atoms with Gasteiger partial charge in [0.2, 0.25) is 10.0 Å². The molecule has 0 saturated carbocycles. The van der Waals surface area contributed by atoms with Crippen molar-refractivity contribution < 1.29 is 13.2 Å². The third-order valence-electron chi connectivity index (χ3n) is 6.32. The van der Waals surface area contributed by atoms with E-state index in [0.717, 1.165) is 22.8 Å². The molecule has 1 amide bonds. The van der Waals surface area contributed by atoms with Gasteiger partial charge in [0.15, 0.2) is 0 Å². The Morgan fingerprint density at radius 1 is 1.03 bits per heavy atom. The van der Waals surface area contributed by atoms with Crippen molar-refractivity contribution in [3.63, 3.8) is 0 Å². The average Bonchev–Trinajstić information content (AvgIpc) is 2.86. The first-order valence-electron chi connectivity index (χ1n) is 11.7. The van der Waals surface area contributed by atoms with Gasteiger partial charge in [0.25, 0.3) is 5.91 Å². The number of carbonyl (C=O) groups is 1. The summed E-state index contributed by atoms with van der Waals surface area (Å²) in [6.45, 7) is 3.36. The second kappa shape index (κ2) is 10.4. The van der Waals surface area contributed by atoms with Gasteiger partial charge in [0.05, 0.1) is 5.75 Å².